The summed E-state index contributed by atoms with van der Waals surface area (Å²) < 4.78 is 33.3. The number of rotatable bonds is 6. The van der Waals surface area contributed by atoms with Gasteiger partial charge in [0.2, 0.25) is 10.0 Å². The van der Waals surface area contributed by atoms with Crippen molar-refractivity contribution in [3.63, 3.8) is 0 Å². The van der Waals surface area contributed by atoms with E-state index in [4.69, 9.17) is 15.1 Å². The Morgan fingerprint density at radius 2 is 2.00 bits per heavy atom. The summed E-state index contributed by atoms with van der Waals surface area (Å²) in [6.45, 7) is 0.726. The number of carboxylic acids is 1. The molecule has 1 aliphatic heterocycles. The molecule has 23 heavy (non-hydrogen) atoms. The van der Waals surface area contributed by atoms with Crippen molar-refractivity contribution >= 4 is 16.0 Å². The lowest BCUT2D eigenvalue weighted by Crippen LogP contribution is -2.52. The van der Waals surface area contributed by atoms with E-state index < -0.39 is 21.5 Å². The monoisotopic (exact) mass is 338 g/mol. The second kappa shape index (κ2) is 7.08. The fourth-order valence-corrected chi connectivity index (χ4v) is 4.29. The molecule has 0 saturated carbocycles. The third kappa shape index (κ3) is 4.28. The SMILES string of the molecule is N#Cc1ccccc1S(=O)(=O)NC1(CCC(=O)O)CCOCC1. The van der Waals surface area contributed by atoms with E-state index in [0.717, 1.165) is 0 Å². The Labute approximate surface area is 134 Å². The topological polar surface area (TPSA) is 116 Å². The van der Waals surface area contributed by atoms with E-state index >= 15 is 0 Å². The minimum absolute atomic E-state index is 0.0560. The van der Waals surface area contributed by atoms with Gasteiger partial charge in [-0.25, -0.2) is 13.1 Å². The maximum atomic E-state index is 12.7. The highest BCUT2D eigenvalue weighted by Crippen LogP contribution is 2.29. The van der Waals surface area contributed by atoms with Gasteiger partial charge in [0.1, 0.15) is 6.07 Å². The molecule has 2 rings (SSSR count). The minimum atomic E-state index is -3.93. The molecule has 0 radical (unpaired) electrons. The van der Waals surface area contributed by atoms with Gasteiger partial charge < -0.3 is 9.84 Å². The first-order valence-electron chi connectivity index (χ1n) is 7.21. The molecular weight excluding hydrogens is 320 g/mol. The molecule has 0 spiro atoms. The van der Waals surface area contributed by atoms with E-state index in [-0.39, 0.29) is 23.3 Å². The number of hydrogen-bond donors (Lipinski definition) is 2. The highest BCUT2D eigenvalue weighted by molar-refractivity contribution is 7.89. The number of benzene rings is 1. The van der Waals surface area contributed by atoms with E-state index in [1.165, 1.54) is 12.1 Å². The lowest BCUT2D eigenvalue weighted by Gasteiger charge is -2.37. The maximum Gasteiger partial charge on any atom is 0.303 e. The fourth-order valence-electron chi connectivity index (χ4n) is 2.64. The number of aliphatic carboxylic acids is 1. The maximum absolute atomic E-state index is 12.7. The Morgan fingerprint density at radius 3 is 2.61 bits per heavy atom. The van der Waals surface area contributed by atoms with Crippen LogP contribution < -0.4 is 4.72 Å². The van der Waals surface area contributed by atoms with Gasteiger partial charge in [-0.2, -0.15) is 5.26 Å². The molecule has 0 atom stereocenters. The molecule has 2 N–H and O–H groups in total. The van der Waals surface area contributed by atoms with E-state index in [9.17, 15) is 13.2 Å². The van der Waals surface area contributed by atoms with Crippen LogP contribution in [0.4, 0.5) is 0 Å². The van der Waals surface area contributed by atoms with Gasteiger partial charge in [0.25, 0.3) is 0 Å². The van der Waals surface area contributed by atoms with Gasteiger partial charge in [-0.1, -0.05) is 12.1 Å². The van der Waals surface area contributed by atoms with Crippen LogP contribution in [0.2, 0.25) is 0 Å². The molecule has 0 amide bonds. The Kier molecular flexibility index (Phi) is 5.36. The number of sulfonamides is 1. The number of carboxylic acid groups (broad SMARTS) is 1. The highest BCUT2D eigenvalue weighted by atomic mass is 32.2. The van der Waals surface area contributed by atoms with Crippen molar-refractivity contribution in [2.75, 3.05) is 13.2 Å². The van der Waals surface area contributed by atoms with Gasteiger partial charge in [0.05, 0.1) is 10.5 Å². The summed E-state index contributed by atoms with van der Waals surface area (Å²) in [5.74, 6) is -0.979. The molecule has 7 nitrogen and oxygen atoms in total. The van der Waals surface area contributed by atoms with Crippen molar-refractivity contribution in [2.24, 2.45) is 0 Å². The van der Waals surface area contributed by atoms with Gasteiger partial charge in [0, 0.05) is 25.2 Å². The van der Waals surface area contributed by atoms with E-state index in [0.29, 0.717) is 26.1 Å². The lowest BCUT2D eigenvalue weighted by molar-refractivity contribution is -0.137. The van der Waals surface area contributed by atoms with Crippen LogP contribution in [0.3, 0.4) is 0 Å². The Bertz CT molecular complexity index is 718. The number of nitrogens with one attached hydrogen (secondary N) is 1. The lowest BCUT2D eigenvalue weighted by atomic mass is 9.86. The molecule has 1 fully saturated rings. The summed E-state index contributed by atoms with van der Waals surface area (Å²) in [6.07, 6.45) is 0.838. The second-order valence-corrected chi connectivity index (χ2v) is 7.15. The van der Waals surface area contributed by atoms with E-state index in [1.807, 2.05) is 6.07 Å². The van der Waals surface area contributed by atoms with Crippen molar-refractivity contribution in [3.05, 3.63) is 29.8 Å². The summed E-state index contributed by atoms with van der Waals surface area (Å²) in [5.41, 5.74) is -0.807. The smallest absolute Gasteiger partial charge is 0.303 e. The van der Waals surface area contributed by atoms with Crippen LogP contribution in [0.15, 0.2) is 29.2 Å². The molecule has 0 unspecified atom stereocenters. The van der Waals surface area contributed by atoms with Crippen LogP contribution in [0.1, 0.15) is 31.2 Å². The van der Waals surface area contributed by atoms with Crippen molar-refractivity contribution in [3.8, 4) is 6.07 Å². The van der Waals surface area contributed by atoms with Crippen molar-refractivity contribution < 1.29 is 23.1 Å². The number of carbonyl (C=O) groups is 1. The fraction of sp³-hybridized carbons (Fsp3) is 0.467. The number of nitrogens with zero attached hydrogens (tertiary/aromatic N) is 1. The Morgan fingerprint density at radius 1 is 1.35 bits per heavy atom. The second-order valence-electron chi connectivity index (χ2n) is 5.50. The Hall–Kier alpha value is -1.95. The number of hydrogen-bond acceptors (Lipinski definition) is 5. The van der Waals surface area contributed by atoms with Gasteiger partial charge in [-0.05, 0) is 31.4 Å². The molecule has 1 aliphatic rings. The van der Waals surface area contributed by atoms with Gasteiger partial charge in [-0.15, -0.1) is 0 Å². The first-order valence-corrected chi connectivity index (χ1v) is 8.69. The Balaban J connectivity index is 2.31. The highest BCUT2D eigenvalue weighted by Gasteiger charge is 2.37. The molecule has 0 aliphatic carbocycles. The normalized spacial score (nSPS) is 17.3. The van der Waals surface area contributed by atoms with Gasteiger partial charge in [-0.3, -0.25) is 4.79 Å². The van der Waals surface area contributed by atoms with Crippen molar-refractivity contribution in [2.45, 2.75) is 36.1 Å². The number of nitriles is 1. The predicted molar refractivity (Wildman–Crippen MR) is 81.1 cm³/mol. The molecule has 1 saturated heterocycles. The zero-order valence-corrected chi connectivity index (χ0v) is 13.3. The van der Waals surface area contributed by atoms with E-state index in [2.05, 4.69) is 4.72 Å². The first-order chi connectivity index (χ1) is 10.9. The van der Waals surface area contributed by atoms with Crippen LogP contribution in [0.25, 0.3) is 0 Å². The van der Waals surface area contributed by atoms with Crippen LogP contribution in [0.5, 0.6) is 0 Å². The largest absolute Gasteiger partial charge is 0.481 e. The minimum Gasteiger partial charge on any atom is -0.481 e. The van der Waals surface area contributed by atoms with Crippen LogP contribution in [-0.2, 0) is 19.6 Å². The molecule has 1 aromatic carbocycles. The molecule has 1 heterocycles. The van der Waals surface area contributed by atoms with Crippen LogP contribution in [-0.4, -0.2) is 38.2 Å². The quantitative estimate of drug-likeness (QED) is 0.806. The molecule has 124 valence electrons. The summed E-state index contributed by atoms with van der Waals surface area (Å²) in [5, 5.41) is 18.0. The molecule has 0 aromatic heterocycles. The first kappa shape index (κ1) is 17.4. The zero-order chi connectivity index (χ0) is 16.9. The molecular formula is C15H18N2O5S. The van der Waals surface area contributed by atoms with Crippen LogP contribution >= 0.6 is 0 Å². The van der Waals surface area contributed by atoms with Gasteiger partial charge >= 0.3 is 5.97 Å². The zero-order valence-electron chi connectivity index (χ0n) is 12.5. The summed E-state index contributed by atoms with van der Waals surface area (Å²) in [6, 6.07) is 7.80. The third-order valence-electron chi connectivity index (χ3n) is 3.92. The summed E-state index contributed by atoms with van der Waals surface area (Å²) >= 11 is 0. The summed E-state index contributed by atoms with van der Waals surface area (Å²) in [4.78, 5) is 10.8. The standard InChI is InChI=1S/C15H18N2O5S/c16-11-12-3-1-2-4-13(12)23(20,21)17-15(6-5-14(18)19)7-9-22-10-8-15/h1-4,17H,5-10H2,(H,18,19). The number of ether oxygens (including phenoxy) is 1. The average molecular weight is 338 g/mol. The van der Waals surface area contributed by atoms with Crippen molar-refractivity contribution in [1.82, 2.24) is 4.72 Å². The van der Waals surface area contributed by atoms with E-state index in [1.54, 1.807) is 12.1 Å². The molecule has 1 aromatic rings. The average Bonchev–Trinajstić information content (AvgIpc) is 2.53. The van der Waals surface area contributed by atoms with Gasteiger partial charge in [0.15, 0.2) is 0 Å². The third-order valence-corrected chi connectivity index (χ3v) is 5.55. The molecule has 8 heteroatoms. The van der Waals surface area contributed by atoms with Crippen LogP contribution in [0, 0.1) is 11.3 Å². The predicted octanol–water partition coefficient (Wildman–Crippen LogP) is 1.25. The van der Waals surface area contributed by atoms with Crippen molar-refractivity contribution in [1.29, 1.82) is 5.26 Å². The molecule has 0 bridgehead atoms. The summed E-state index contributed by atoms with van der Waals surface area (Å²) in [7, 11) is -3.93.